The lowest BCUT2D eigenvalue weighted by molar-refractivity contribution is 0.494. The largest absolute Gasteiger partial charge is 0.314 e. The van der Waals surface area contributed by atoms with Gasteiger partial charge < -0.3 is 5.32 Å². The SMILES string of the molecule is C=CCCC(Cc1ccccc1Br)NCC. The molecule has 0 bridgehead atoms. The van der Waals surface area contributed by atoms with Crippen LogP contribution in [-0.4, -0.2) is 12.6 Å². The van der Waals surface area contributed by atoms with Gasteiger partial charge in [0.25, 0.3) is 0 Å². The molecule has 1 aromatic rings. The van der Waals surface area contributed by atoms with E-state index in [0.717, 1.165) is 25.8 Å². The molecule has 1 nitrogen and oxygen atoms in total. The van der Waals surface area contributed by atoms with E-state index in [4.69, 9.17) is 0 Å². The van der Waals surface area contributed by atoms with Gasteiger partial charge in [-0.25, -0.2) is 0 Å². The summed E-state index contributed by atoms with van der Waals surface area (Å²) in [6, 6.07) is 8.98. The lowest BCUT2D eigenvalue weighted by Gasteiger charge is -2.17. The number of benzene rings is 1. The van der Waals surface area contributed by atoms with Gasteiger partial charge in [-0.1, -0.05) is 47.1 Å². The smallest absolute Gasteiger partial charge is 0.0207 e. The minimum atomic E-state index is 0.543. The van der Waals surface area contributed by atoms with Gasteiger partial charge in [-0.3, -0.25) is 0 Å². The van der Waals surface area contributed by atoms with Crippen LogP contribution >= 0.6 is 15.9 Å². The molecule has 0 aromatic heterocycles. The highest BCUT2D eigenvalue weighted by atomic mass is 79.9. The van der Waals surface area contributed by atoms with Crippen LogP contribution in [0, 0.1) is 0 Å². The molecule has 16 heavy (non-hydrogen) atoms. The molecule has 1 aromatic carbocycles. The van der Waals surface area contributed by atoms with Crippen molar-refractivity contribution in [3.05, 3.63) is 47.0 Å². The summed E-state index contributed by atoms with van der Waals surface area (Å²) >= 11 is 3.60. The first-order valence-corrected chi connectivity index (χ1v) is 6.65. The van der Waals surface area contributed by atoms with Crippen molar-refractivity contribution < 1.29 is 0 Å². The summed E-state index contributed by atoms with van der Waals surface area (Å²) in [5.74, 6) is 0. The summed E-state index contributed by atoms with van der Waals surface area (Å²) in [7, 11) is 0. The van der Waals surface area contributed by atoms with Gasteiger partial charge in [-0.2, -0.15) is 0 Å². The van der Waals surface area contributed by atoms with E-state index in [1.54, 1.807) is 0 Å². The van der Waals surface area contributed by atoms with Crippen molar-refractivity contribution in [2.24, 2.45) is 0 Å². The molecule has 88 valence electrons. The third-order valence-corrected chi connectivity index (χ3v) is 3.41. The van der Waals surface area contributed by atoms with E-state index >= 15 is 0 Å². The van der Waals surface area contributed by atoms with Gasteiger partial charge in [-0.05, 0) is 37.4 Å². The fourth-order valence-electron chi connectivity index (χ4n) is 1.81. The molecule has 0 aliphatic heterocycles. The molecular formula is C14H20BrN. The molecule has 2 heteroatoms. The van der Waals surface area contributed by atoms with E-state index in [0.29, 0.717) is 6.04 Å². The minimum Gasteiger partial charge on any atom is -0.314 e. The third-order valence-electron chi connectivity index (χ3n) is 2.64. The third kappa shape index (κ3) is 4.50. The zero-order valence-corrected chi connectivity index (χ0v) is 11.5. The molecular weight excluding hydrogens is 262 g/mol. The zero-order chi connectivity index (χ0) is 11.8. The summed E-state index contributed by atoms with van der Waals surface area (Å²) < 4.78 is 1.21. The number of nitrogens with one attached hydrogen (secondary N) is 1. The predicted molar refractivity (Wildman–Crippen MR) is 74.7 cm³/mol. The van der Waals surface area contributed by atoms with Crippen LogP contribution in [0.4, 0.5) is 0 Å². The highest BCUT2D eigenvalue weighted by molar-refractivity contribution is 9.10. The van der Waals surface area contributed by atoms with Gasteiger partial charge in [0.1, 0.15) is 0 Å². The number of hydrogen-bond donors (Lipinski definition) is 1. The number of halogens is 1. The lowest BCUT2D eigenvalue weighted by atomic mass is 10.0. The first-order valence-electron chi connectivity index (χ1n) is 5.85. The summed E-state index contributed by atoms with van der Waals surface area (Å²) in [5.41, 5.74) is 1.37. The van der Waals surface area contributed by atoms with Crippen molar-refractivity contribution in [1.82, 2.24) is 5.32 Å². The number of hydrogen-bond acceptors (Lipinski definition) is 1. The maximum atomic E-state index is 3.78. The maximum Gasteiger partial charge on any atom is 0.0207 e. The first-order chi connectivity index (χ1) is 7.77. The topological polar surface area (TPSA) is 12.0 Å². The summed E-state index contributed by atoms with van der Waals surface area (Å²) in [6.45, 7) is 6.95. The molecule has 1 N–H and O–H groups in total. The standard InChI is InChI=1S/C14H20BrN/c1-3-5-9-13(16-4-2)11-12-8-6-7-10-14(12)15/h3,6-8,10,13,16H,1,4-5,9,11H2,2H3. The first kappa shape index (κ1) is 13.5. The Bertz CT molecular complexity index is 322. The predicted octanol–water partition coefficient (Wildman–Crippen LogP) is 3.94. The minimum absolute atomic E-state index is 0.543. The Morgan fingerprint density at radius 2 is 2.19 bits per heavy atom. The van der Waals surface area contributed by atoms with Gasteiger partial charge >= 0.3 is 0 Å². The quantitative estimate of drug-likeness (QED) is 0.747. The number of allylic oxidation sites excluding steroid dienone is 1. The van der Waals surface area contributed by atoms with E-state index in [2.05, 4.69) is 59.0 Å². The molecule has 0 aliphatic rings. The van der Waals surface area contributed by atoms with Crippen LogP contribution in [-0.2, 0) is 6.42 Å². The molecule has 0 saturated heterocycles. The number of rotatable bonds is 7. The van der Waals surface area contributed by atoms with Gasteiger partial charge in [0.15, 0.2) is 0 Å². The second kappa shape index (κ2) is 7.64. The highest BCUT2D eigenvalue weighted by Crippen LogP contribution is 2.18. The Morgan fingerprint density at radius 1 is 1.44 bits per heavy atom. The van der Waals surface area contributed by atoms with Crippen LogP contribution in [0.2, 0.25) is 0 Å². The van der Waals surface area contributed by atoms with Crippen molar-refractivity contribution >= 4 is 15.9 Å². The van der Waals surface area contributed by atoms with Crippen LogP contribution in [0.15, 0.2) is 41.4 Å². The van der Waals surface area contributed by atoms with Crippen molar-refractivity contribution in [2.75, 3.05) is 6.54 Å². The van der Waals surface area contributed by atoms with Crippen LogP contribution in [0.3, 0.4) is 0 Å². The molecule has 1 unspecified atom stereocenters. The van der Waals surface area contributed by atoms with Crippen molar-refractivity contribution in [3.8, 4) is 0 Å². The molecule has 0 aliphatic carbocycles. The van der Waals surface area contributed by atoms with E-state index in [1.807, 2.05) is 6.08 Å². The van der Waals surface area contributed by atoms with Crippen molar-refractivity contribution in [2.45, 2.75) is 32.2 Å². The fourth-order valence-corrected chi connectivity index (χ4v) is 2.26. The van der Waals surface area contributed by atoms with Gasteiger partial charge in [0, 0.05) is 10.5 Å². The molecule has 1 atom stereocenters. The second-order valence-corrected chi connectivity index (χ2v) is 4.77. The summed E-state index contributed by atoms with van der Waals surface area (Å²) in [4.78, 5) is 0. The van der Waals surface area contributed by atoms with Crippen LogP contribution < -0.4 is 5.32 Å². The molecule has 0 heterocycles. The van der Waals surface area contributed by atoms with Crippen LogP contribution in [0.1, 0.15) is 25.3 Å². The fraction of sp³-hybridized carbons (Fsp3) is 0.429. The molecule has 0 fully saturated rings. The summed E-state index contributed by atoms with van der Waals surface area (Å²) in [5, 5.41) is 3.52. The zero-order valence-electron chi connectivity index (χ0n) is 9.88. The monoisotopic (exact) mass is 281 g/mol. The van der Waals surface area contributed by atoms with Gasteiger partial charge in [-0.15, -0.1) is 6.58 Å². The molecule has 0 radical (unpaired) electrons. The summed E-state index contributed by atoms with van der Waals surface area (Å²) in [6.07, 6.45) is 5.29. The number of likely N-dealkylation sites (N-methyl/N-ethyl adjacent to an activating group) is 1. The Labute approximate surface area is 107 Å². The molecule has 1 rings (SSSR count). The molecule has 0 amide bonds. The van der Waals surface area contributed by atoms with Crippen molar-refractivity contribution in [1.29, 1.82) is 0 Å². The van der Waals surface area contributed by atoms with E-state index < -0.39 is 0 Å². The van der Waals surface area contributed by atoms with E-state index in [9.17, 15) is 0 Å². The Balaban J connectivity index is 2.59. The Hall–Kier alpha value is -0.600. The lowest BCUT2D eigenvalue weighted by Crippen LogP contribution is -2.30. The Kier molecular flexibility index (Phi) is 6.43. The van der Waals surface area contributed by atoms with Gasteiger partial charge in [0.05, 0.1) is 0 Å². The van der Waals surface area contributed by atoms with E-state index in [-0.39, 0.29) is 0 Å². The molecule has 0 saturated carbocycles. The van der Waals surface area contributed by atoms with E-state index in [1.165, 1.54) is 10.0 Å². The average molecular weight is 282 g/mol. The Morgan fingerprint density at radius 3 is 2.81 bits per heavy atom. The normalized spacial score (nSPS) is 12.4. The second-order valence-electron chi connectivity index (χ2n) is 3.92. The average Bonchev–Trinajstić information content (AvgIpc) is 2.29. The van der Waals surface area contributed by atoms with Crippen molar-refractivity contribution in [3.63, 3.8) is 0 Å². The van der Waals surface area contributed by atoms with Crippen LogP contribution in [0.5, 0.6) is 0 Å². The van der Waals surface area contributed by atoms with Gasteiger partial charge in [0.2, 0.25) is 0 Å². The molecule has 0 spiro atoms. The maximum absolute atomic E-state index is 3.78. The van der Waals surface area contributed by atoms with Crippen LogP contribution in [0.25, 0.3) is 0 Å². The highest BCUT2D eigenvalue weighted by Gasteiger charge is 2.09.